The van der Waals surface area contributed by atoms with Crippen molar-refractivity contribution in [1.29, 1.82) is 0 Å². The molecular formula is C16H21BrN2OS. The van der Waals surface area contributed by atoms with Crippen LogP contribution in [0.25, 0.3) is 0 Å². The van der Waals surface area contributed by atoms with Crippen LogP contribution in [0.1, 0.15) is 35.6 Å². The Bertz CT molecular complexity index is 573. The van der Waals surface area contributed by atoms with Gasteiger partial charge in [-0.25, -0.2) is 4.98 Å². The SMILES string of the molecule is CCC(N)C(OCCc1scnc1C)c1ccccc1Br. The van der Waals surface area contributed by atoms with Gasteiger partial charge < -0.3 is 10.5 Å². The second-order valence-electron chi connectivity index (χ2n) is 5.00. The van der Waals surface area contributed by atoms with Gasteiger partial charge in [0, 0.05) is 21.8 Å². The fraction of sp³-hybridized carbons (Fsp3) is 0.438. The van der Waals surface area contributed by atoms with Gasteiger partial charge in [0.05, 0.1) is 23.9 Å². The molecular weight excluding hydrogens is 348 g/mol. The number of rotatable bonds is 7. The van der Waals surface area contributed by atoms with Crippen LogP contribution in [0.3, 0.4) is 0 Å². The monoisotopic (exact) mass is 368 g/mol. The minimum atomic E-state index is -0.0844. The molecule has 2 aromatic rings. The Morgan fingerprint density at radius 2 is 2.14 bits per heavy atom. The molecule has 0 bridgehead atoms. The Labute approximate surface area is 138 Å². The van der Waals surface area contributed by atoms with Crippen molar-refractivity contribution in [3.63, 3.8) is 0 Å². The molecule has 3 nitrogen and oxygen atoms in total. The fourth-order valence-corrected chi connectivity index (χ4v) is 3.48. The number of ether oxygens (including phenoxy) is 1. The fourth-order valence-electron chi connectivity index (χ4n) is 2.21. The highest BCUT2D eigenvalue weighted by Gasteiger charge is 2.21. The second-order valence-corrected chi connectivity index (χ2v) is 6.79. The highest BCUT2D eigenvalue weighted by atomic mass is 79.9. The molecule has 0 amide bonds. The molecule has 2 N–H and O–H groups in total. The summed E-state index contributed by atoms with van der Waals surface area (Å²) in [5.41, 5.74) is 10.4. The van der Waals surface area contributed by atoms with E-state index in [2.05, 4.69) is 33.9 Å². The first-order chi connectivity index (χ1) is 10.1. The van der Waals surface area contributed by atoms with Crippen LogP contribution in [0.15, 0.2) is 34.2 Å². The largest absolute Gasteiger partial charge is 0.371 e. The van der Waals surface area contributed by atoms with Crippen molar-refractivity contribution in [2.75, 3.05) is 6.61 Å². The number of aromatic nitrogens is 1. The van der Waals surface area contributed by atoms with E-state index in [4.69, 9.17) is 10.5 Å². The summed E-state index contributed by atoms with van der Waals surface area (Å²) in [6.07, 6.45) is 1.68. The highest BCUT2D eigenvalue weighted by molar-refractivity contribution is 9.10. The van der Waals surface area contributed by atoms with Crippen molar-refractivity contribution in [2.45, 2.75) is 38.8 Å². The molecule has 0 saturated heterocycles. The summed E-state index contributed by atoms with van der Waals surface area (Å²) in [6, 6.07) is 8.12. The van der Waals surface area contributed by atoms with E-state index < -0.39 is 0 Å². The smallest absolute Gasteiger partial charge is 0.0986 e. The van der Waals surface area contributed by atoms with Gasteiger partial charge in [0.25, 0.3) is 0 Å². The van der Waals surface area contributed by atoms with Crippen LogP contribution in [0.4, 0.5) is 0 Å². The van der Waals surface area contributed by atoms with Gasteiger partial charge in [-0.2, -0.15) is 0 Å². The number of hydrogen-bond acceptors (Lipinski definition) is 4. The van der Waals surface area contributed by atoms with Crippen molar-refractivity contribution in [3.8, 4) is 0 Å². The van der Waals surface area contributed by atoms with Crippen molar-refractivity contribution < 1.29 is 4.74 Å². The van der Waals surface area contributed by atoms with E-state index in [0.29, 0.717) is 6.61 Å². The van der Waals surface area contributed by atoms with Gasteiger partial charge in [-0.15, -0.1) is 11.3 Å². The van der Waals surface area contributed by atoms with Crippen molar-refractivity contribution in [1.82, 2.24) is 4.98 Å². The lowest BCUT2D eigenvalue weighted by Crippen LogP contribution is -2.30. The molecule has 0 spiro atoms. The predicted molar refractivity (Wildman–Crippen MR) is 91.7 cm³/mol. The first kappa shape index (κ1) is 16.6. The third kappa shape index (κ3) is 4.36. The average Bonchev–Trinajstić information content (AvgIpc) is 2.89. The lowest BCUT2D eigenvalue weighted by atomic mass is 10.0. The van der Waals surface area contributed by atoms with E-state index >= 15 is 0 Å². The molecule has 0 fully saturated rings. The summed E-state index contributed by atoms with van der Waals surface area (Å²) < 4.78 is 7.16. The topological polar surface area (TPSA) is 48.1 Å². The van der Waals surface area contributed by atoms with Gasteiger partial charge >= 0.3 is 0 Å². The lowest BCUT2D eigenvalue weighted by Gasteiger charge is -2.25. The number of hydrogen-bond donors (Lipinski definition) is 1. The van der Waals surface area contributed by atoms with Crippen LogP contribution in [0.5, 0.6) is 0 Å². The minimum Gasteiger partial charge on any atom is -0.371 e. The molecule has 0 radical (unpaired) electrons. The maximum Gasteiger partial charge on any atom is 0.0986 e. The van der Waals surface area contributed by atoms with Crippen molar-refractivity contribution in [2.24, 2.45) is 5.73 Å². The molecule has 1 aromatic carbocycles. The van der Waals surface area contributed by atoms with Gasteiger partial charge in [-0.3, -0.25) is 0 Å². The van der Waals surface area contributed by atoms with E-state index in [-0.39, 0.29) is 12.1 Å². The maximum absolute atomic E-state index is 6.25. The average molecular weight is 369 g/mol. The molecule has 5 heteroatoms. The molecule has 0 aliphatic heterocycles. The molecule has 2 atom stereocenters. The van der Waals surface area contributed by atoms with E-state index in [1.807, 2.05) is 30.6 Å². The van der Waals surface area contributed by atoms with Crippen LogP contribution in [0, 0.1) is 6.92 Å². The zero-order valence-electron chi connectivity index (χ0n) is 12.4. The normalized spacial score (nSPS) is 14.1. The molecule has 114 valence electrons. The molecule has 2 unspecified atom stereocenters. The Hall–Kier alpha value is -0.750. The van der Waals surface area contributed by atoms with Crippen LogP contribution in [-0.2, 0) is 11.2 Å². The third-order valence-corrected chi connectivity index (χ3v) is 5.26. The summed E-state index contributed by atoms with van der Waals surface area (Å²) in [7, 11) is 0. The van der Waals surface area contributed by atoms with Crippen molar-refractivity contribution in [3.05, 3.63) is 50.4 Å². The zero-order valence-corrected chi connectivity index (χ0v) is 14.8. The van der Waals surface area contributed by atoms with Crippen LogP contribution < -0.4 is 5.73 Å². The van der Waals surface area contributed by atoms with Gasteiger partial charge in [0.15, 0.2) is 0 Å². The zero-order chi connectivity index (χ0) is 15.2. The van der Waals surface area contributed by atoms with Gasteiger partial charge in [-0.05, 0) is 25.0 Å². The molecule has 2 rings (SSSR count). The summed E-state index contributed by atoms with van der Waals surface area (Å²) in [4.78, 5) is 5.55. The Kier molecular flexibility index (Phi) is 6.36. The predicted octanol–water partition coefficient (Wildman–Crippen LogP) is 4.25. The quantitative estimate of drug-likeness (QED) is 0.794. The van der Waals surface area contributed by atoms with Crippen LogP contribution in [0.2, 0.25) is 0 Å². The Balaban J connectivity index is 2.04. The first-order valence-electron chi connectivity index (χ1n) is 7.14. The summed E-state index contributed by atoms with van der Waals surface area (Å²) in [5.74, 6) is 0. The number of halogens is 1. The maximum atomic E-state index is 6.25. The molecule has 0 aliphatic rings. The molecule has 0 saturated carbocycles. The van der Waals surface area contributed by atoms with Gasteiger partial charge in [0.2, 0.25) is 0 Å². The minimum absolute atomic E-state index is 0.00809. The second kappa shape index (κ2) is 8.03. The summed E-state index contributed by atoms with van der Waals surface area (Å²) in [5, 5.41) is 0. The van der Waals surface area contributed by atoms with Gasteiger partial charge in [-0.1, -0.05) is 41.1 Å². The number of aryl methyl sites for hydroxylation is 1. The van der Waals surface area contributed by atoms with E-state index in [9.17, 15) is 0 Å². The van der Waals surface area contributed by atoms with E-state index in [1.54, 1.807) is 11.3 Å². The Morgan fingerprint density at radius 1 is 1.38 bits per heavy atom. The highest BCUT2D eigenvalue weighted by Crippen LogP contribution is 2.29. The molecule has 0 aliphatic carbocycles. The number of nitrogens with zero attached hydrogens (tertiary/aromatic N) is 1. The number of thiazole rings is 1. The first-order valence-corrected chi connectivity index (χ1v) is 8.81. The van der Waals surface area contributed by atoms with Crippen LogP contribution in [-0.4, -0.2) is 17.6 Å². The number of nitrogens with two attached hydrogens (primary N) is 1. The van der Waals surface area contributed by atoms with E-state index in [1.165, 1.54) is 4.88 Å². The number of benzene rings is 1. The van der Waals surface area contributed by atoms with E-state index in [0.717, 1.165) is 28.6 Å². The van der Waals surface area contributed by atoms with Crippen molar-refractivity contribution >= 4 is 27.3 Å². The summed E-state index contributed by atoms with van der Waals surface area (Å²) >= 11 is 5.28. The lowest BCUT2D eigenvalue weighted by molar-refractivity contribution is 0.0352. The summed E-state index contributed by atoms with van der Waals surface area (Å²) in [6.45, 7) is 4.78. The molecule has 1 heterocycles. The molecule has 1 aromatic heterocycles. The van der Waals surface area contributed by atoms with Gasteiger partial charge in [0.1, 0.15) is 0 Å². The Morgan fingerprint density at radius 3 is 2.76 bits per heavy atom. The standard InChI is InChI=1S/C16H21BrN2OS/c1-3-14(18)16(12-6-4-5-7-13(12)17)20-9-8-15-11(2)19-10-21-15/h4-7,10,14,16H,3,8-9,18H2,1-2H3. The molecule has 21 heavy (non-hydrogen) atoms. The third-order valence-electron chi connectivity index (χ3n) is 3.54. The van der Waals surface area contributed by atoms with Crippen LogP contribution >= 0.6 is 27.3 Å².